The molecule has 3 aromatic rings. The molecule has 9 heteroatoms. The van der Waals surface area contributed by atoms with Crippen LogP contribution in [-0.2, 0) is 28.6 Å². The number of aromatic nitrogens is 1. The maximum Gasteiger partial charge on any atom is 0.586 e. The Morgan fingerprint density at radius 2 is 1.97 bits per heavy atom. The normalized spacial score (nSPS) is 22.3. The maximum atomic E-state index is 15.5. The van der Waals surface area contributed by atoms with Gasteiger partial charge in [0.25, 0.3) is 0 Å². The molecule has 2 heterocycles. The van der Waals surface area contributed by atoms with Crippen LogP contribution in [0.1, 0.15) is 63.6 Å². The first-order valence-electron chi connectivity index (χ1n) is 14.5. The smallest absolute Gasteiger partial charge is 0.395 e. The first-order valence-corrected chi connectivity index (χ1v) is 12.0. The predicted octanol–water partition coefficient (Wildman–Crippen LogP) is 4.99. The predicted molar refractivity (Wildman–Crippen MR) is 131 cm³/mol. The number of aliphatic hydroxyl groups excluding tert-OH is 1. The lowest BCUT2D eigenvalue weighted by atomic mass is 9.86. The van der Waals surface area contributed by atoms with Crippen molar-refractivity contribution >= 4 is 16.7 Å². The Balaban J connectivity index is 1.52. The summed E-state index contributed by atoms with van der Waals surface area (Å²) in [5.41, 5.74) is -1.67. The zero-order chi connectivity index (χ0) is 31.0. The molecule has 2 aliphatic rings. The fourth-order valence-corrected chi connectivity index (χ4v) is 4.96. The van der Waals surface area contributed by atoms with E-state index >= 15 is 4.39 Å². The van der Waals surface area contributed by atoms with Gasteiger partial charge in [-0.1, -0.05) is 26.8 Å². The van der Waals surface area contributed by atoms with E-state index in [0.717, 1.165) is 6.07 Å². The highest BCUT2D eigenvalue weighted by Gasteiger charge is 2.52. The molecule has 198 valence electrons. The Morgan fingerprint density at radius 3 is 2.62 bits per heavy atom. The summed E-state index contributed by atoms with van der Waals surface area (Å²) in [7, 11) is 0. The summed E-state index contributed by atoms with van der Waals surface area (Å²) in [6.45, 7) is -2.94. The van der Waals surface area contributed by atoms with Gasteiger partial charge in [0.05, 0.1) is 32.9 Å². The number of ketones is 1. The zero-order valence-electron chi connectivity index (χ0n) is 25.3. The summed E-state index contributed by atoms with van der Waals surface area (Å²) in [4.78, 5) is 13.5. The lowest BCUT2D eigenvalue weighted by Gasteiger charge is -2.26. The van der Waals surface area contributed by atoms with Crippen LogP contribution >= 0.6 is 0 Å². The Bertz CT molecular complexity index is 1560. The molecule has 6 nitrogen and oxygen atoms in total. The van der Waals surface area contributed by atoms with Crippen LogP contribution in [0.15, 0.2) is 36.4 Å². The standard InChI is InChI=1S/C28H30F3NO5/c1-4-26(2,3)24-10-17-9-16(20(29)13-21(17)32(24)14-19(34)15-33)11-25(35)27(7-8-27)18-5-6-22-23(12-18)37-28(30,31)36-22/h5-6,9-10,12-13,19,33-34H,4,7-8,11,14-15H2,1-3H3/t19-/m1/s1/i2D3,15D2/t19-,26?. The van der Waals surface area contributed by atoms with Gasteiger partial charge >= 0.3 is 6.29 Å². The van der Waals surface area contributed by atoms with Gasteiger partial charge in [-0.05, 0) is 60.7 Å². The van der Waals surface area contributed by atoms with Crippen LogP contribution in [0.2, 0.25) is 0 Å². The van der Waals surface area contributed by atoms with Crippen LogP contribution in [0.25, 0.3) is 10.9 Å². The van der Waals surface area contributed by atoms with Crippen LogP contribution < -0.4 is 9.47 Å². The SMILES string of the molecule is [2H]C([2H])(O)[C@H](O)Cn1c(C(C)(CC)C([2H])([2H])[2H])cc2cc(CC(=O)C3(c4ccc5c(c4)OC(F)(F)O5)CC3)c(F)cc21. The Labute approximate surface area is 219 Å². The molecule has 5 rings (SSSR count). The van der Waals surface area contributed by atoms with E-state index in [4.69, 9.17) is 6.85 Å². The van der Waals surface area contributed by atoms with E-state index in [1.165, 1.54) is 41.8 Å². The average Bonchev–Trinajstić information content (AvgIpc) is 3.53. The van der Waals surface area contributed by atoms with Gasteiger partial charge in [-0.3, -0.25) is 4.79 Å². The highest BCUT2D eigenvalue weighted by atomic mass is 19.3. The minimum absolute atomic E-state index is 0.0277. The molecule has 0 saturated heterocycles. The molecule has 0 radical (unpaired) electrons. The third kappa shape index (κ3) is 4.48. The fraction of sp³-hybridized carbons (Fsp3) is 0.464. The molecule has 2 aromatic carbocycles. The molecule has 1 aliphatic heterocycles. The third-order valence-corrected chi connectivity index (χ3v) is 7.44. The number of aliphatic hydroxyl groups is 2. The van der Waals surface area contributed by atoms with Crippen LogP contribution in [0, 0.1) is 5.82 Å². The number of ether oxygens (including phenoxy) is 2. The number of hydrogen-bond acceptors (Lipinski definition) is 5. The van der Waals surface area contributed by atoms with E-state index in [0.29, 0.717) is 23.8 Å². The second-order valence-electron chi connectivity index (χ2n) is 9.98. The van der Waals surface area contributed by atoms with Crippen molar-refractivity contribution in [3.63, 3.8) is 0 Å². The van der Waals surface area contributed by atoms with Gasteiger partial charge in [-0.15, -0.1) is 8.78 Å². The number of alkyl halides is 2. The van der Waals surface area contributed by atoms with E-state index < -0.39 is 49.0 Å². The van der Waals surface area contributed by atoms with Gasteiger partial charge < -0.3 is 24.3 Å². The summed E-state index contributed by atoms with van der Waals surface area (Å²) < 4.78 is 92.2. The van der Waals surface area contributed by atoms with Crippen LogP contribution in [0.4, 0.5) is 13.2 Å². The molecule has 1 aromatic heterocycles. The maximum absolute atomic E-state index is 15.5. The lowest BCUT2D eigenvalue weighted by Crippen LogP contribution is -2.26. The second-order valence-corrected chi connectivity index (χ2v) is 9.98. The summed E-state index contributed by atoms with van der Waals surface area (Å²) in [6.07, 6.45) is -5.11. The summed E-state index contributed by atoms with van der Waals surface area (Å²) in [6, 6.07) is 8.16. The zero-order valence-corrected chi connectivity index (χ0v) is 20.3. The number of halogens is 3. The summed E-state index contributed by atoms with van der Waals surface area (Å²) >= 11 is 0. The van der Waals surface area contributed by atoms with E-state index in [1.807, 2.05) is 0 Å². The van der Waals surface area contributed by atoms with Crippen LogP contribution in [-0.4, -0.2) is 39.5 Å². The molecule has 0 amide bonds. The Morgan fingerprint density at radius 1 is 1.24 bits per heavy atom. The van der Waals surface area contributed by atoms with Crippen molar-refractivity contribution in [2.45, 2.75) is 76.2 Å². The van der Waals surface area contributed by atoms with Crippen molar-refractivity contribution < 1.29 is 44.5 Å². The molecule has 2 N–H and O–H groups in total. The number of nitrogens with zero attached hydrogens (tertiary/aromatic N) is 1. The Hall–Kier alpha value is -3.04. The number of fused-ring (bicyclic) bond motifs is 2. The third-order valence-electron chi connectivity index (χ3n) is 7.44. The van der Waals surface area contributed by atoms with Crippen molar-refractivity contribution in [3.8, 4) is 11.5 Å². The van der Waals surface area contributed by atoms with E-state index in [2.05, 4.69) is 9.47 Å². The van der Waals surface area contributed by atoms with Gasteiger partial charge in [0.15, 0.2) is 11.5 Å². The summed E-state index contributed by atoms with van der Waals surface area (Å²) in [5, 5.41) is 20.4. The number of carbonyl (C=O) groups excluding carboxylic acids is 1. The average molecular weight is 523 g/mol. The number of carbonyl (C=O) groups is 1. The molecular formula is C28H30F3NO5. The molecule has 1 saturated carbocycles. The fourth-order valence-electron chi connectivity index (χ4n) is 4.96. The number of hydrogen-bond donors (Lipinski definition) is 2. The number of benzene rings is 2. The number of rotatable bonds is 9. The Kier molecular flexibility index (Phi) is 4.74. The first kappa shape index (κ1) is 20.0. The van der Waals surface area contributed by atoms with Crippen molar-refractivity contribution in [2.75, 3.05) is 6.56 Å². The van der Waals surface area contributed by atoms with Crippen LogP contribution in [0.3, 0.4) is 0 Å². The highest BCUT2D eigenvalue weighted by Crippen LogP contribution is 2.52. The second kappa shape index (κ2) is 8.77. The molecule has 37 heavy (non-hydrogen) atoms. The lowest BCUT2D eigenvalue weighted by molar-refractivity contribution is -0.286. The van der Waals surface area contributed by atoms with E-state index in [1.54, 1.807) is 6.92 Å². The minimum Gasteiger partial charge on any atom is -0.395 e. The topological polar surface area (TPSA) is 80.9 Å². The molecule has 2 atom stereocenters. The van der Waals surface area contributed by atoms with E-state index in [9.17, 15) is 23.8 Å². The van der Waals surface area contributed by atoms with Gasteiger partial charge in [-0.25, -0.2) is 4.39 Å². The van der Waals surface area contributed by atoms with Crippen LogP contribution in [0.5, 0.6) is 11.5 Å². The highest BCUT2D eigenvalue weighted by molar-refractivity contribution is 5.95. The number of Topliss-reactive ketones (excluding diaryl/α,β-unsaturated/α-hetero) is 1. The first-order chi connectivity index (χ1) is 19.3. The van der Waals surface area contributed by atoms with Crippen molar-refractivity contribution in [1.29, 1.82) is 0 Å². The monoisotopic (exact) mass is 522 g/mol. The molecule has 1 unspecified atom stereocenters. The molecule has 1 fully saturated rings. The summed E-state index contributed by atoms with van der Waals surface area (Å²) in [5.74, 6) is -1.47. The van der Waals surface area contributed by atoms with Gasteiger partial charge in [0.1, 0.15) is 11.6 Å². The van der Waals surface area contributed by atoms with Gasteiger partial charge in [0, 0.05) is 27.0 Å². The molecule has 0 bridgehead atoms. The van der Waals surface area contributed by atoms with E-state index in [-0.39, 0.29) is 46.9 Å². The van der Waals surface area contributed by atoms with Crippen molar-refractivity contribution in [3.05, 3.63) is 59.0 Å². The molecule has 1 aliphatic carbocycles. The van der Waals surface area contributed by atoms with Gasteiger partial charge in [0.2, 0.25) is 0 Å². The largest absolute Gasteiger partial charge is 0.586 e. The quantitative estimate of drug-likeness (QED) is 0.414. The minimum atomic E-state index is -3.81. The molecule has 0 spiro atoms. The van der Waals surface area contributed by atoms with Gasteiger partial charge in [-0.2, -0.15) is 0 Å². The van der Waals surface area contributed by atoms with Crippen molar-refractivity contribution in [2.24, 2.45) is 0 Å². The van der Waals surface area contributed by atoms with Crippen molar-refractivity contribution in [1.82, 2.24) is 4.57 Å². The molecular weight excluding hydrogens is 487 g/mol.